The average molecular weight is 366 g/mol. The summed E-state index contributed by atoms with van der Waals surface area (Å²) in [6.07, 6.45) is 2.10. The summed E-state index contributed by atoms with van der Waals surface area (Å²) in [5.41, 5.74) is 1.85. The highest BCUT2D eigenvalue weighted by Gasteiger charge is 2.13. The van der Waals surface area contributed by atoms with E-state index in [1.807, 2.05) is 35.7 Å². The minimum absolute atomic E-state index is 0.156. The molecule has 0 spiro atoms. The van der Waals surface area contributed by atoms with Crippen LogP contribution in [0, 0.1) is 0 Å². The lowest BCUT2D eigenvalue weighted by molar-refractivity contribution is -0.116. The zero-order valence-electron chi connectivity index (χ0n) is 13.6. The summed E-state index contributed by atoms with van der Waals surface area (Å²) in [6.45, 7) is 0. The zero-order valence-corrected chi connectivity index (χ0v) is 14.4. The van der Waals surface area contributed by atoms with E-state index in [4.69, 9.17) is 8.94 Å². The molecule has 1 aromatic carbocycles. The van der Waals surface area contributed by atoms with Crippen molar-refractivity contribution in [2.45, 2.75) is 12.8 Å². The second kappa shape index (κ2) is 7.32. The minimum Gasteiger partial charge on any atom is -0.461 e. The normalized spacial score (nSPS) is 10.8. The Morgan fingerprint density at radius 3 is 2.81 bits per heavy atom. The van der Waals surface area contributed by atoms with Crippen LogP contribution in [0.2, 0.25) is 0 Å². The highest BCUT2D eigenvalue weighted by molar-refractivity contribution is 7.14. The van der Waals surface area contributed by atoms with E-state index in [0.717, 1.165) is 11.3 Å². The molecule has 0 unspecified atom stereocenters. The number of aryl methyl sites for hydroxylation is 1. The number of nitrogens with one attached hydrogen (secondary N) is 1. The smallest absolute Gasteiger partial charge is 0.238 e. The van der Waals surface area contributed by atoms with Gasteiger partial charge < -0.3 is 14.3 Å². The van der Waals surface area contributed by atoms with Gasteiger partial charge in [0.1, 0.15) is 0 Å². The highest BCUT2D eigenvalue weighted by atomic mass is 32.1. The topological polar surface area (TPSA) is 94.0 Å². The molecular formula is C18H14N4O3S. The molecule has 0 aliphatic rings. The van der Waals surface area contributed by atoms with E-state index in [9.17, 15) is 4.79 Å². The van der Waals surface area contributed by atoms with E-state index in [2.05, 4.69) is 20.4 Å². The molecule has 0 bridgehead atoms. The predicted molar refractivity (Wildman–Crippen MR) is 96.5 cm³/mol. The fourth-order valence-corrected chi connectivity index (χ4v) is 3.07. The van der Waals surface area contributed by atoms with Gasteiger partial charge in [0.25, 0.3) is 0 Å². The zero-order chi connectivity index (χ0) is 17.8. The predicted octanol–water partition coefficient (Wildman–Crippen LogP) is 4.02. The van der Waals surface area contributed by atoms with Gasteiger partial charge in [0.05, 0.1) is 12.0 Å². The Morgan fingerprint density at radius 2 is 2.00 bits per heavy atom. The van der Waals surface area contributed by atoms with Crippen LogP contribution in [0.1, 0.15) is 12.3 Å². The van der Waals surface area contributed by atoms with Gasteiger partial charge in [-0.25, -0.2) is 4.98 Å². The van der Waals surface area contributed by atoms with Gasteiger partial charge in [-0.2, -0.15) is 4.98 Å². The molecular weight excluding hydrogens is 352 g/mol. The SMILES string of the molecule is O=C(CCc1nc(-c2ccco2)no1)Nc1nc(-c2ccccc2)cs1. The van der Waals surface area contributed by atoms with Gasteiger partial charge in [0.2, 0.25) is 17.6 Å². The first kappa shape index (κ1) is 16.2. The standard InChI is InChI=1S/C18H14N4O3S/c23-15(8-9-16-21-17(22-25-16)14-7-4-10-24-14)20-18-19-13(11-26-18)12-5-2-1-3-6-12/h1-7,10-11H,8-9H2,(H,19,20,23). The van der Waals surface area contributed by atoms with Crippen molar-refractivity contribution < 1.29 is 13.7 Å². The Hall–Kier alpha value is -3.26. The monoisotopic (exact) mass is 366 g/mol. The number of hydrogen-bond acceptors (Lipinski definition) is 7. The summed E-state index contributed by atoms with van der Waals surface area (Å²) >= 11 is 1.39. The maximum absolute atomic E-state index is 12.1. The van der Waals surface area contributed by atoms with Gasteiger partial charge in [-0.15, -0.1) is 11.3 Å². The van der Waals surface area contributed by atoms with E-state index in [-0.39, 0.29) is 12.3 Å². The molecule has 1 amide bonds. The van der Waals surface area contributed by atoms with Crippen molar-refractivity contribution in [3.8, 4) is 22.8 Å². The van der Waals surface area contributed by atoms with Crippen molar-refractivity contribution in [3.05, 3.63) is 60.0 Å². The van der Waals surface area contributed by atoms with Crippen LogP contribution in [0.25, 0.3) is 22.8 Å². The van der Waals surface area contributed by atoms with E-state index in [0.29, 0.717) is 29.0 Å². The quantitative estimate of drug-likeness (QED) is 0.554. The van der Waals surface area contributed by atoms with Crippen molar-refractivity contribution in [2.24, 2.45) is 0 Å². The molecule has 0 aliphatic heterocycles. The number of hydrogen-bond donors (Lipinski definition) is 1. The van der Waals surface area contributed by atoms with E-state index in [1.165, 1.54) is 17.6 Å². The van der Waals surface area contributed by atoms with Crippen molar-refractivity contribution in [1.82, 2.24) is 15.1 Å². The summed E-state index contributed by atoms with van der Waals surface area (Å²) in [4.78, 5) is 20.8. The third-order valence-corrected chi connectivity index (χ3v) is 4.35. The third kappa shape index (κ3) is 3.70. The average Bonchev–Trinajstić information content (AvgIpc) is 3.41. The van der Waals surface area contributed by atoms with Crippen molar-refractivity contribution in [3.63, 3.8) is 0 Å². The molecule has 8 heteroatoms. The molecule has 1 N–H and O–H groups in total. The van der Waals surface area contributed by atoms with Gasteiger partial charge in [-0.3, -0.25) is 4.79 Å². The highest BCUT2D eigenvalue weighted by Crippen LogP contribution is 2.24. The lowest BCUT2D eigenvalue weighted by atomic mass is 10.2. The summed E-state index contributed by atoms with van der Waals surface area (Å²) in [5, 5.41) is 9.11. The lowest BCUT2D eigenvalue weighted by Gasteiger charge is -1.99. The minimum atomic E-state index is -0.156. The van der Waals surface area contributed by atoms with Crippen LogP contribution < -0.4 is 5.32 Å². The van der Waals surface area contributed by atoms with Crippen LogP contribution in [0.5, 0.6) is 0 Å². The Labute approximate surface area is 152 Å². The van der Waals surface area contributed by atoms with Gasteiger partial charge in [0, 0.05) is 23.8 Å². The number of benzene rings is 1. The number of amides is 1. The summed E-state index contributed by atoms with van der Waals surface area (Å²) in [7, 11) is 0. The summed E-state index contributed by atoms with van der Waals surface area (Å²) < 4.78 is 10.3. The Bertz CT molecular complexity index is 993. The largest absolute Gasteiger partial charge is 0.461 e. The van der Waals surface area contributed by atoms with Crippen LogP contribution in [0.15, 0.2) is 63.0 Å². The molecule has 0 saturated carbocycles. The number of carbonyl (C=O) groups is 1. The number of nitrogens with zero attached hydrogens (tertiary/aromatic N) is 3. The summed E-state index contributed by atoms with van der Waals surface area (Å²) in [6, 6.07) is 13.3. The van der Waals surface area contributed by atoms with Crippen LogP contribution >= 0.6 is 11.3 Å². The van der Waals surface area contributed by atoms with Crippen molar-refractivity contribution in [2.75, 3.05) is 5.32 Å². The Kier molecular flexibility index (Phi) is 4.57. The van der Waals surface area contributed by atoms with Crippen molar-refractivity contribution >= 4 is 22.4 Å². The fourth-order valence-electron chi connectivity index (χ4n) is 2.34. The number of anilines is 1. The number of carbonyl (C=O) groups excluding carboxylic acids is 1. The van der Waals surface area contributed by atoms with Gasteiger partial charge in [-0.05, 0) is 12.1 Å². The van der Waals surface area contributed by atoms with E-state index >= 15 is 0 Å². The molecule has 26 heavy (non-hydrogen) atoms. The van der Waals surface area contributed by atoms with E-state index in [1.54, 1.807) is 12.1 Å². The van der Waals surface area contributed by atoms with Crippen LogP contribution in [-0.4, -0.2) is 21.0 Å². The number of rotatable bonds is 6. The number of thiazole rings is 1. The maximum Gasteiger partial charge on any atom is 0.238 e. The Balaban J connectivity index is 1.33. The van der Waals surface area contributed by atoms with Crippen molar-refractivity contribution in [1.29, 1.82) is 0 Å². The van der Waals surface area contributed by atoms with Gasteiger partial charge in [0.15, 0.2) is 10.9 Å². The molecule has 0 saturated heterocycles. The maximum atomic E-state index is 12.1. The summed E-state index contributed by atoms with van der Waals surface area (Å²) in [5.74, 6) is 1.13. The van der Waals surface area contributed by atoms with Crippen LogP contribution in [0.3, 0.4) is 0 Å². The lowest BCUT2D eigenvalue weighted by Crippen LogP contribution is -2.12. The molecule has 7 nitrogen and oxygen atoms in total. The molecule has 4 rings (SSSR count). The fraction of sp³-hybridized carbons (Fsp3) is 0.111. The van der Waals surface area contributed by atoms with Crippen LogP contribution in [0.4, 0.5) is 5.13 Å². The first-order valence-electron chi connectivity index (χ1n) is 7.95. The molecule has 4 aromatic rings. The second-order valence-corrected chi connectivity index (χ2v) is 6.30. The molecule has 0 atom stereocenters. The molecule has 0 fully saturated rings. The molecule has 130 valence electrons. The first-order valence-corrected chi connectivity index (χ1v) is 8.83. The number of aromatic nitrogens is 3. The second-order valence-electron chi connectivity index (χ2n) is 5.44. The van der Waals surface area contributed by atoms with Crippen LogP contribution in [-0.2, 0) is 11.2 Å². The number of furan rings is 1. The molecule has 0 radical (unpaired) electrons. The molecule has 3 heterocycles. The Morgan fingerprint density at radius 1 is 1.12 bits per heavy atom. The third-order valence-electron chi connectivity index (χ3n) is 3.60. The molecule has 3 aromatic heterocycles. The van der Waals surface area contributed by atoms with E-state index < -0.39 is 0 Å². The first-order chi connectivity index (χ1) is 12.8. The van der Waals surface area contributed by atoms with Gasteiger partial charge >= 0.3 is 0 Å². The molecule has 0 aliphatic carbocycles. The van der Waals surface area contributed by atoms with Gasteiger partial charge in [-0.1, -0.05) is 35.5 Å².